The van der Waals surface area contributed by atoms with Crippen LogP contribution in [0.4, 0.5) is 0 Å². The molecule has 1 amide bonds. The fraction of sp³-hybridized carbons (Fsp3) is 0.417. The van der Waals surface area contributed by atoms with E-state index in [2.05, 4.69) is 38.8 Å². The van der Waals surface area contributed by atoms with Gasteiger partial charge in [0.05, 0.1) is 5.56 Å². The maximum absolute atomic E-state index is 12.2. The van der Waals surface area contributed by atoms with Crippen LogP contribution in [0.2, 0.25) is 0 Å². The van der Waals surface area contributed by atoms with E-state index in [0.717, 1.165) is 15.4 Å². The van der Waals surface area contributed by atoms with Crippen LogP contribution >= 0.6 is 31.9 Å². The van der Waals surface area contributed by atoms with Crippen molar-refractivity contribution in [1.82, 2.24) is 4.90 Å². The van der Waals surface area contributed by atoms with E-state index >= 15 is 0 Å². The first-order valence-electron chi connectivity index (χ1n) is 5.19. The third-order valence-corrected chi connectivity index (χ3v) is 3.92. The predicted octanol–water partition coefficient (Wildman–Crippen LogP) is 4.08. The molecule has 88 valence electrons. The predicted molar refractivity (Wildman–Crippen MR) is 73.7 cm³/mol. The number of hydrogen-bond acceptors (Lipinski definition) is 1. The number of benzene rings is 1. The summed E-state index contributed by atoms with van der Waals surface area (Å²) in [4.78, 5) is 14.0. The van der Waals surface area contributed by atoms with Crippen molar-refractivity contribution in [3.8, 4) is 0 Å². The van der Waals surface area contributed by atoms with Gasteiger partial charge in [0.25, 0.3) is 5.91 Å². The van der Waals surface area contributed by atoms with Crippen molar-refractivity contribution in [2.24, 2.45) is 0 Å². The van der Waals surface area contributed by atoms with E-state index in [1.165, 1.54) is 0 Å². The molecule has 1 aromatic rings. The lowest BCUT2D eigenvalue weighted by atomic mass is 10.1. The standard InChI is InChI=1S/C12H15Br2NO/c1-4-8(2)15(3)12(16)10-7-9(13)5-6-11(10)14/h5-8H,4H2,1-3H3. The van der Waals surface area contributed by atoms with Gasteiger partial charge in [0.1, 0.15) is 0 Å². The number of carbonyl (C=O) groups is 1. The van der Waals surface area contributed by atoms with Gasteiger partial charge in [-0.05, 0) is 47.5 Å². The average Bonchev–Trinajstić information content (AvgIpc) is 2.29. The van der Waals surface area contributed by atoms with Gasteiger partial charge in [0.15, 0.2) is 0 Å². The summed E-state index contributed by atoms with van der Waals surface area (Å²) in [5.74, 6) is 0.0440. The van der Waals surface area contributed by atoms with Crippen molar-refractivity contribution in [1.29, 1.82) is 0 Å². The summed E-state index contributed by atoms with van der Waals surface area (Å²) < 4.78 is 1.74. The molecule has 0 aromatic heterocycles. The first kappa shape index (κ1) is 13.7. The van der Waals surface area contributed by atoms with Crippen LogP contribution in [0.1, 0.15) is 30.6 Å². The summed E-state index contributed by atoms with van der Waals surface area (Å²) in [5, 5.41) is 0. The minimum atomic E-state index is 0.0440. The molecule has 1 rings (SSSR count). The molecule has 4 heteroatoms. The highest BCUT2D eigenvalue weighted by atomic mass is 79.9. The van der Waals surface area contributed by atoms with Crippen LogP contribution in [0.3, 0.4) is 0 Å². The summed E-state index contributed by atoms with van der Waals surface area (Å²) in [7, 11) is 1.84. The molecule has 0 N–H and O–H groups in total. The van der Waals surface area contributed by atoms with Gasteiger partial charge in [-0.15, -0.1) is 0 Å². The van der Waals surface area contributed by atoms with E-state index in [-0.39, 0.29) is 11.9 Å². The molecule has 0 spiro atoms. The number of amides is 1. The summed E-state index contributed by atoms with van der Waals surface area (Å²) in [6, 6.07) is 5.87. The van der Waals surface area contributed by atoms with Crippen LogP contribution in [0.5, 0.6) is 0 Å². The Bertz CT molecular complexity index is 393. The highest BCUT2D eigenvalue weighted by Crippen LogP contribution is 2.23. The third kappa shape index (κ3) is 3.08. The molecule has 1 aromatic carbocycles. The molecule has 2 nitrogen and oxygen atoms in total. The lowest BCUT2D eigenvalue weighted by Crippen LogP contribution is -2.34. The molecule has 0 fully saturated rings. The molecule has 1 unspecified atom stereocenters. The Hall–Kier alpha value is -0.350. The van der Waals surface area contributed by atoms with Gasteiger partial charge in [-0.25, -0.2) is 0 Å². The van der Waals surface area contributed by atoms with Crippen molar-refractivity contribution >= 4 is 37.8 Å². The summed E-state index contributed by atoms with van der Waals surface area (Å²) >= 11 is 6.78. The van der Waals surface area contributed by atoms with Gasteiger partial charge < -0.3 is 4.90 Å². The number of hydrogen-bond donors (Lipinski definition) is 0. The zero-order valence-electron chi connectivity index (χ0n) is 9.63. The molecular weight excluding hydrogens is 334 g/mol. The second-order valence-electron chi connectivity index (χ2n) is 3.80. The Morgan fingerprint density at radius 1 is 1.44 bits per heavy atom. The quantitative estimate of drug-likeness (QED) is 0.805. The van der Waals surface area contributed by atoms with E-state index in [1.54, 1.807) is 4.90 Å². The van der Waals surface area contributed by atoms with E-state index in [9.17, 15) is 4.79 Å². The van der Waals surface area contributed by atoms with Crippen LogP contribution in [0.25, 0.3) is 0 Å². The van der Waals surface area contributed by atoms with Crippen LogP contribution in [0, 0.1) is 0 Å². The lowest BCUT2D eigenvalue weighted by molar-refractivity contribution is 0.0739. The Morgan fingerprint density at radius 2 is 2.06 bits per heavy atom. The monoisotopic (exact) mass is 347 g/mol. The number of rotatable bonds is 3. The molecular formula is C12H15Br2NO. The van der Waals surface area contributed by atoms with Crippen molar-refractivity contribution in [2.45, 2.75) is 26.3 Å². The normalized spacial score (nSPS) is 12.3. The molecule has 0 aliphatic rings. The zero-order chi connectivity index (χ0) is 12.3. The Kier molecular flexibility index (Phi) is 4.99. The highest BCUT2D eigenvalue weighted by Gasteiger charge is 2.18. The van der Waals surface area contributed by atoms with E-state index in [4.69, 9.17) is 0 Å². The zero-order valence-corrected chi connectivity index (χ0v) is 12.8. The molecule has 1 atom stereocenters. The maximum atomic E-state index is 12.2. The van der Waals surface area contributed by atoms with Crippen LogP contribution < -0.4 is 0 Å². The molecule has 0 heterocycles. The largest absolute Gasteiger partial charge is 0.339 e. The highest BCUT2D eigenvalue weighted by molar-refractivity contribution is 9.11. The van der Waals surface area contributed by atoms with Gasteiger partial charge in [0.2, 0.25) is 0 Å². The van der Waals surface area contributed by atoms with Gasteiger partial charge in [-0.2, -0.15) is 0 Å². The third-order valence-electron chi connectivity index (χ3n) is 2.73. The molecule has 0 radical (unpaired) electrons. The first-order valence-corrected chi connectivity index (χ1v) is 6.78. The topological polar surface area (TPSA) is 20.3 Å². The number of halogens is 2. The summed E-state index contributed by atoms with van der Waals surface area (Å²) in [5.41, 5.74) is 0.692. The molecule has 0 saturated heterocycles. The maximum Gasteiger partial charge on any atom is 0.255 e. The molecule has 0 bridgehead atoms. The molecule has 16 heavy (non-hydrogen) atoms. The SMILES string of the molecule is CCC(C)N(C)C(=O)c1cc(Br)ccc1Br. The lowest BCUT2D eigenvalue weighted by Gasteiger charge is -2.24. The minimum Gasteiger partial charge on any atom is -0.339 e. The molecule has 0 saturated carbocycles. The smallest absolute Gasteiger partial charge is 0.255 e. The van der Waals surface area contributed by atoms with Crippen LogP contribution in [0.15, 0.2) is 27.1 Å². The number of carbonyl (C=O) groups excluding carboxylic acids is 1. The van der Waals surface area contributed by atoms with Gasteiger partial charge in [0, 0.05) is 22.0 Å². The van der Waals surface area contributed by atoms with E-state index in [1.807, 2.05) is 32.2 Å². The Balaban J connectivity index is 3.00. The van der Waals surface area contributed by atoms with Gasteiger partial charge in [-0.3, -0.25) is 4.79 Å². The average molecular weight is 349 g/mol. The van der Waals surface area contributed by atoms with Crippen molar-refractivity contribution in [2.75, 3.05) is 7.05 Å². The fourth-order valence-electron chi connectivity index (χ4n) is 1.33. The van der Waals surface area contributed by atoms with E-state index in [0.29, 0.717) is 5.56 Å². The van der Waals surface area contributed by atoms with Crippen molar-refractivity contribution in [3.05, 3.63) is 32.7 Å². The van der Waals surface area contributed by atoms with Crippen LogP contribution in [-0.4, -0.2) is 23.9 Å². The van der Waals surface area contributed by atoms with Crippen molar-refractivity contribution in [3.63, 3.8) is 0 Å². The Morgan fingerprint density at radius 3 is 2.62 bits per heavy atom. The fourth-order valence-corrected chi connectivity index (χ4v) is 2.10. The van der Waals surface area contributed by atoms with Crippen molar-refractivity contribution < 1.29 is 4.79 Å². The van der Waals surface area contributed by atoms with Crippen LogP contribution in [-0.2, 0) is 0 Å². The molecule has 0 aliphatic carbocycles. The minimum absolute atomic E-state index is 0.0440. The summed E-state index contributed by atoms with van der Waals surface area (Å²) in [6.45, 7) is 4.12. The second-order valence-corrected chi connectivity index (χ2v) is 5.57. The van der Waals surface area contributed by atoms with Gasteiger partial charge in [-0.1, -0.05) is 22.9 Å². The first-order chi connectivity index (χ1) is 7.47. The van der Waals surface area contributed by atoms with Gasteiger partial charge >= 0.3 is 0 Å². The van der Waals surface area contributed by atoms with E-state index < -0.39 is 0 Å². The summed E-state index contributed by atoms with van der Waals surface area (Å²) in [6.07, 6.45) is 0.952. The second kappa shape index (κ2) is 5.82. The molecule has 0 aliphatic heterocycles. The Labute approximate surface area is 113 Å². The number of nitrogens with zero attached hydrogens (tertiary/aromatic N) is 1.